The van der Waals surface area contributed by atoms with Gasteiger partial charge in [-0.2, -0.15) is 0 Å². The van der Waals surface area contributed by atoms with Crippen LogP contribution in [0.4, 0.5) is 0 Å². The fourth-order valence-electron chi connectivity index (χ4n) is 10.7. The molecule has 0 aromatic carbocycles. The lowest BCUT2D eigenvalue weighted by molar-refractivity contribution is -0.305. The average molecular weight is 1180 g/mol. The molecule has 0 bridgehead atoms. The Hall–Kier alpha value is -2.90. The summed E-state index contributed by atoms with van der Waals surface area (Å²) in [6.07, 6.45) is 67.9. The molecule has 11 heteroatoms. The Kier molecular flexibility index (Phi) is 56.9. The molecular weight excluding hydrogens is 1050 g/mol. The number of nitrogens with one attached hydrogen (secondary N) is 1. The van der Waals surface area contributed by atoms with Crippen LogP contribution in [0.25, 0.3) is 0 Å². The number of allylic oxidation sites excluding steroid dienone is 11. The molecule has 84 heavy (non-hydrogen) atoms. The van der Waals surface area contributed by atoms with Crippen molar-refractivity contribution in [1.82, 2.24) is 5.32 Å². The second-order valence-electron chi connectivity index (χ2n) is 24.3. The van der Waals surface area contributed by atoms with Crippen molar-refractivity contribution in [1.29, 1.82) is 0 Å². The second-order valence-corrected chi connectivity index (χ2v) is 24.3. The zero-order valence-corrected chi connectivity index (χ0v) is 54.3. The number of hydrogen-bond acceptors (Lipinski definition) is 10. The molecule has 1 heterocycles. The van der Waals surface area contributed by atoms with Gasteiger partial charge in [-0.05, 0) is 96.3 Å². The number of carbonyl (C=O) groups excluding carboxylic acids is 2. The standard InChI is InChI=1S/C73H131NO10/c1-4-7-10-13-16-19-22-25-27-29-31-33-35-36-38-40-42-45-48-51-54-57-60-66(77)72(81)74-64(65(76)59-56-53-50-47-44-24-21-18-15-12-9-6-3)63-82-73-71(70(80)69(79)67(62-75)83-73)84-68(78)61-58-55-52-49-46-43-41-39-37-34-32-30-28-26-23-20-17-14-11-8-5-2/h16,19,25-28,31,33,36,38,56,59,64-67,69-71,73,75-77,79-80H,4-15,17-18,20-24,29-30,32,34-35,37,39-55,57-58,60-63H2,1-3H3,(H,74,81)/b19-16-,27-25-,28-26+,33-31-,38-36-,59-56+. The first-order valence-corrected chi connectivity index (χ1v) is 35.2. The normalized spacial score (nSPS) is 18.9. The van der Waals surface area contributed by atoms with E-state index in [9.17, 15) is 35.1 Å². The van der Waals surface area contributed by atoms with Gasteiger partial charge in [-0.25, -0.2) is 0 Å². The fourth-order valence-corrected chi connectivity index (χ4v) is 10.7. The van der Waals surface area contributed by atoms with Crippen molar-refractivity contribution in [2.24, 2.45) is 0 Å². The summed E-state index contributed by atoms with van der Waals surface area (Å²) < 4.78 is 17.7. The highest BCUT2D eigenvalue weighted by Gasteiger charge is 2.47. The van der Waals surface area contributed by atoms with E-state index < -0.39 is 67.4 Å². The number of aliphatic hydroxyl groups is 5. The van der Waals surface area contributed by atoms with Crippen molar-refractivity contribution < 1.29 is 49.3 Å². The van der Waals surface area contributed by atoms with Gasteiger partial charge in [-0.3, -0.25) is 9.59 Å². The van der Waals surface area contributed by atoms with Crippen LogP contribution in [0.1, 0.15) is 316 Å². The molecular formula is C73H131NO10. The Labute approximate surface area is 515 Å². The zero-order chi connectivity index (χ0) is 61.0. The van der Waals surface area contributed by atoms with E-state index in [0.29, 0.717) is 12.8 Å². The van der Waals surface area contributed by atoms with Gasteiger partial charge in [0.15, 0.2) is 12.4 Å². The maximum Gasteiger partial charge on any atom is 0.306 e. The van der Waals surface area contributed by atoms with Crippen molar-refractivity contribution in [2.45, 2.75) is 365 Å². The van der Waals surface area contributed by atoms with Gasteiger partial charge in [0.2, 0.25) is 5.91 Å². The van der Waals surface area contributed by atoms with Crippen LogP contribution in [-0.4, -0.2) is 99.6 Å². The highest BCUT2D eigenvalue weighted by molar-refractivity contribution is 5.80. The molecule has 11 nitrogen and oxygen atoms in total. The van der Waals surface area contributed by atoms with Gasteiger partial charge >= 0.3 is 5.97 Å². The number of amides is 1. The minimum Gasteiger partial charge on any atom is -0.454 e. The Morgan fingerprint density at radius 3 is 1.26 bits per heavy atom. The van der Waals surface area contributed by atoms with Gasteiger partial charge in [-0.1, -0.05) is 286 Å². The molecule has 0 aromatic rings. The van der Waals surface area contributed by atoms with Gasteiger partial charge in [0.25, 0.3) is 0 Å². The second kappa shape index (κ2) is 60.4. The number of rotatable bonds is 60. The molecule has 8 unspecified atom stereocenters. The van der Waals surface area contributed by atoms with E-state index in [2.05, 4.69) is 86.8 Å². The third-order valence-electron chi connectivity index (χ3n) is 16.3. The van der Waals surface area contributed by atoms with Gasteiger partial charge in [0.05, 0.1) is 25.4 Å². The Morgan fingerprint density at radius 2 is 0.821 bits per heavy atom. The minimum atomic E-state index is -1.62. The molecule has 0 aliphatic carbocycles. The van der Waals surface area contributed by atoms with E-state index in [4.69, 9.17) is 14.2 Å². The van der Waals surface area contributed by atoms with Crippen LogP contribution >= 0.6 is 0 Å². The van der Waals surface area contributed by atoms with E-state index >= 15 is 0 Å². The SMILES string of the molecule is CCCCC/C=C\C/C=C\C/C=C\C/C=C\CCCCCCCCC(O)C(=O)NC(COC1OC(CO)C(O)C(O)C1OC(=O)CCCCCCCCCCCCC/C=C/CCCCCCCC)C(O)/C=C/CCCCCCCCCCCC. The van der Waals surface area contributed by atoms with Crippen molar-refractivity contribution in [3.8, 4) is 0 Å². The van der Waals surface area contributed by atoms with Crippen molar-refractivity contribution in [3.05, 3.63) is 72.9 Å². The predicted molar refractivity (Wildman–Crippen MR) is 352 cm³/mol. The van der Waals surface area contributed by atoms with Crippen LogP contribution in [0.3, 0.4) is 0 Å². The first-order chi connectivity index (χ1) is 41.2. The largest absolute Gasteiger partial charge is 0.454 e. The summed E-state index contributed by atoms with van der Waals surface area (Å²) in [5.41, 5.74) is 0. The topological polar surface area (TPSA) is 175 Å². The molecule has 0 radical (unpaired) electrons. The molecule has 6 N–H and O–H groups in total. The fraction of sp³-hybridized carbons (Fsp3) is 0.808. The maximum atomic E-state index is 13.5. The van der Waals surface area contributed by atoms with E-state index in [1.807, 2.05) is 6.08 Å². The van der Waals surface area contributed by atoms with Crippen LogP contribution in [0.5, 0.6) is 0 Å². The van der Waals surface area contributed by atoms with E-state index in [1.54, 1.807) is 6.08 Å². The van der Waals surface area contributed by atoms with Crippen LogP contribution in [-0.2, 0) is 23.8 Å². The van der Waals surface area contributed by atoms with Gasteiger partial charge in [0.1, 0.15) is 24.4 Å². The molecule has 0 spiro atoms. The zero-order valence-electron chi connectivity index (χ0n) is 54.3. The molecule has 1 aliphatic heterocycles. The molecule has 1 aliphatic rings. The first-order valence-electron chi connectivity index (χ1n) is 35.2. The van der Waals surface area contributed by atoms with Crippen LogP contribution < -0.4 is 5.32 Å². The van der Waals surface area contributed by atoms with Gasteiger partial charge < -0.3 is 45.1 Å². The number of hydrogen-bond donors (Lipinski definition) is 6. The summed E-state index contributed by atoms with van der Waals surface area (Å²) >= 11 is 0. The van der Waals surface area contributed by atoms with E-state index in [-0.39, 0.29) is 19.4 Å². The third kappa shape index (κ3) is 47.2. The van der Waals surface area contributed by atoms with Crippen LogP contribution in [0.15, 0.2) is 72.9 Å². The number of ether oxygens (including phenoxy) is 3. The smallest absolute Gasteiger partial charge is 0.306 e. The minimum absolute atomic E-state index is 0.121. The van der Waals surface area contributed by atoms with Gasteiger partial charge in [0, 0.05) is 6.42 Å². The first kappa shape index (κ1) is 79.1. The summed E-state index contributed by atoms with van der Waals surface area (Å²) in [5.74, 6) is -1.20. The third-order valence-corrected chi connectivity index (χ3v) is 16.3. The highest BCUT2D eigenvalue weighted by Crippen LogP contribution is 2.26. The molecule has 1 rings (SSSR count). The van der Waals surface area contributed by atoms with Gasteiger partial charge in [-0.15, -0.1) is 0 Å². The highest BCUT2D eigenvalue weighted by atomic mass is 16.7. The van der Waals surface area contributed by atoms with Crippen LogP contribution in [0.2, 0.25) is 0 Å². The number of aliphatic hydroxyl groups excluding tert-OH is 5. The Morgan fingerprint density at radius 1 is 0.464 bits per heavy atom. The molecule has 488 valence electrons. The summed E-state index contributed by atoms with van der Waals surface area (Å²) in [4.78, 5) is 26.7. The van der Waals surface area contributed by atoms with Crippen molar-refractivity contribution in [2.75, 3.05) is 13.2 Å². The lowest BCUT2D eigenvalue weighted by Gasteiger charge is -2.41. The molecule has 8 atom stereocenters. The quantitative estimate of drug-likeness (QED) is 0.0195. The maximum absolute atomic E-state index is 13.5. The lowest BCUT2D eigenvalue weighted by Crippen LogP contribution is -2.61. The Balaban J connectivity index is 2.61. The van der Waals surface area contributed by atoms with E-state index in [1.165, 1.54) is 173 Å². The van der Waals surface area contributed by atoms with Crippen molar-refractivity contribution >= 4 is 11.9 Å². The lowest BCUT2D eigenvalue weighted by atomic mass is 9.99. The molecule has 0 aromatic heterocycles. The average Bonchev–Trinajstić information content (AvgIpc) is 3.55. The molecule has 0 saturated carbocycles. The number of esters is 1. The number of unbranched alkanes of at least 4 members (excludes halogenated alkanes) is 36. The Bertz CT molecular complexity index is 1640. The van der Waals surface area contributed by atoms with Crippen molar-refractivity contribution in [3.63, 3.8) is 0 Å². The molecule has 1 amide bonds. The monoisotopic (exact) mass is 1180 g/mol. The molecule has 1 saturated heterocycles. The summed E-state index contributed by atoms with van der Waals surface area (Å²) in [5, 5.41) is 57.2. The molecule has 1 fully saturated rings. The predicted octanol–water partition coefficient (Wildman–Crippen LogP) is 17.9. The van der Waals surface area contributed by atoms with Crippen LogP contribution in [0, 0.1) is 0 Å². The summed E-state index contributed by atoms with van der Waals surface area (Å²) in [6.45, 7) is 5.78. The summed E-state index contributed by atoms with van der Waals surface area (Å²) in [7, 11) is 0. The van der Waals surface area contributed by atoms with E-state index in [0.717, 1.165) is 96.3 Å². The summed E-state index contributed by atoms with van der Waals surface area (Å²) in [6, 6.07) is -1.03. The number of carbonyl (C=O) groups is 2.